The van der Waals surface area contributed by atoms with E-state index >= 15 is 0 Å². The Bertz CT molecular complexity index is 731. The molecule has 0 amide bonds. The topological polar surface area (TPSA) is 61.3 Å². The smallest absolute Gasteiger partial charge is 0.118 e. The van der Waals surface area contributed by atoms with Crippen molar-refractivity contribution >= 4 is 0 Å². The van der Waals surface area contributed by atoms with E-state index in [2.05, 4.69) is 24.3 Å². The summed E-state index contributed by atoms with van der Waals surface area (Å²) >= 11 is 0. The largest absolute Gasteiger partial charge is 0.497 e. The van der Waals surface area contributed by atoms with Gasteiger partial charge in [0, 0.05) is 5.70 Å². The van der Waals surface area contributed by atoms with Crippen molar-refractivity contribution in [2.24, 2.45) is 11.5 Å². The Labute approximate surface area is 130 Å². The van der Waals surface area contributed by atoms with Crippen LogP contribution in [0.4, 0.5) is 0 Å². The Hall–Kier alpha value is -2.52. The van der Waals surface area contributed by atoms with E-state index in [9.17, 15) is 0 Å². The molecule has 4 N–H and O–H groups in total. The molecular formula is C19H20N2O. The fraction of sp³-hybridized carbons (Fsp3) is 0.158. The van der Waals surface area contributed by atoms with Gasteiger partial charge in [-0.1, -0.05) is 48.6 Å². The SMILES string of the molecule is COc1ccc(-c2ccccc2C2(N)C=CC(N)=CC2)cc1. The van der Waals surface area contributed by atoms with E-state index in [1.165, 1.54) is 0 Å². The third-order valence-corrected chi connectivity index (χ3v) is 4.08. The molecule has 0 aliphatic heterocycles. The number of ether oxygens (including phenoxy) is 1. The van der Waals surface area contributed by atoms with E-state index < -0.39 is 5.54 Å². The van der Waals surface area contributed by atoms with Crippen molar-refractivity contribution in [3.8, 4) is 16.9 Å². The minimum Gasteiger partial charge on any atom is -0.497 e. The highest BCUT2D eigenvalue weighted by molar-refractivity contribution is 5.70. The van der Waals surface area contributed by atoms with Crippen molar-refractivity contribution in [3.05, 3.63) is 78.0 Å². The van der Waals surface area contributed by atoms with Crippen LogP contribution in [0.15, 0.2) is 72.5 Å². The lowest BCUT2D eigenvalue weighted by atomic mass is 9.80. The third kappa shape index (κ3) is 2.63. The van der Waals surface area contributed by atoms with Gasteiger partial charge in [-0.3, -0.25) is 0 Å². The molecule has 0 radical (unpaired) electrons. The number of hydrogen-bond donors (Lipinski definition) is 2. The average molecular weight is 292 g/mol. The molecule has 0 aromatic heterocycles. The second kappa shape index (κ2) is 5.70. The first kappa shape index (κ1) is 14.4. The van der Waals surface area contributed by atoms with Crippen molar-refractivity contribution in [1.29, 1.82) is 0 Å². The molecule has 0 saturated heterocycles. The highest BCUT2D eigenvalue weighted by Gasteiger charge is 2.27. The predicted molar refractivity (Wildman–Crippen MR) is 90.3 cm³/mol. The predicted octanol–water partition coefficient (Wildman–Crippen LogP) is 3.32. The van der Waals surface area contributed by atoms with Crippen LogP contribution in [0.1, 0.15) is 12.0 Å². The maximum absolute atomic E-state index is 6.63. The third-order valence-electron chi connectivity index (χ3n) is 4.08. The molecule has 1 unspecified atom stereocenters. The number of methoxy groups -OCH3 is 1. The molecule has 0 heterocycles. The lowest BCUT2D eigenvalue weighted by molar-refractivity contribution is 0.415. The van der Waals surface area contributed by atoms with Gasteiger partial charge in [-0.05, 0) is 41.3 Å². The van der Waals surface area contributed by atoms with Gasteiger partial charge in [0.15, 0.2) is 0 Å². The molecule has 112 valence electrons. The van der Waals surface area contributed by atoms with Crippen molar-refractivity contribution in [1.82, 2.24) is 0 Å². The number of rotatable bonds is 3. The van der Waals surface area contributed by atoms with E-state index in [0.717, 1.165) is 28.1 Å². The summed E-state index contributed by atoms with van der Waals surface area (Å²) in [6, 6.07) is 16.3. The summed E-state index contributed by atoms with van der Waals surface area (Å²) < 4.78 is 5.23. The highest BCUT2D eigenvalue weighted by Crippen LogP contribution is 2.36. The van der Waals surface area contributed by atoms with Crippen LogP contribution < -0.4 is 16.2 Å². The lowest BCUT2D eigenvalue weighted by Gasteiger charge is -2.30. The molecule has 3 heteroatoms. The number of benzene rings is 2. The molecule has 1 aliphatic rings. The van der Waals surface area contributed by atoms with E-state index in [0.29, 0.717) is 6.42 Å². The molecule has 0 fully saturated rings. The van der Waals surface area contributed by atoms with E-state index in [1.54, 1.807) is 7.11 Å². The van der Waals surface area contributed by atoms with Crippen LogP contribution in [-0.4, -0.2) is 7.11 Å². The fourth-order valence-electron chi connectivity index (χ4n) is 2.78. The molecule has 0 bridgehead atoms. The first-order chi connectivity index (χ1) is 10.6. The van der Waals surface area contributed by atoms with Crippen molar-refractivity contribution in [3.63, 3.8) is 0 Å². The van der Waals surface area contributed by atoms with Crippen LogP contribution in [0.25, 0.3) is 11.1 Å². The Kier molecular flexibility index (Phi) is 3.73. The molecule has 3 nitrogen and oxygen atoms in total. The lowest BCUT2D eigenvalue weighted by Crippen LogP contribution is -2.36. The molecule has 3 rings (SSSR count). The Morgan fingerprint density at radius 3 is 2.41 bits per heavy atom. The molecule has 0 spiro atoms. The van der Waals surface area contributed by atoms with Gasteiger partial charge < -0.3 is 16.2 Å². The molecule has 1 atom stereocenters. The molecular weight excluding hydrogens is 272 g/mol. The van der Waals surface area contributed by atoms with E-state index in [-0.39, 0.29) is 0 Å². The van der Waals surface area contributed by atoms with Crippen molar-refractivity contribution < 1.29 is 4.74 Å². The standard InChI is InChI=1S/C19H20N2O/c1-22-16-8-6-14(7-9-16)17-4-2-3-5-18(17)19(21)12-10-15(20)11-13-19/h2-12H,13,20-21H2,1H3. The molecule has 22 heavy (non-hydrogen) atoms. The highest BCUT2D eigenvalue weighted by atomic mass is 16.5. The Morgan fingerprint density at radius 2 is 1.77 bits per heavy atom. The summed E-state index contributed by atoms with van der Waals surface area (Å²) in [4.78, 5) is 0. The summed E-state index contributed by atoms with van der Waals surface area (Å²) in [7, 11) is 1.67. The van der Waals surface area contributed by atoms with Gasteiger partial charge in [-0.2, -0.15) is 0 Å². The number of nitrogens with two attached hydrogens (primary N) is 2. The minimum atomic E-state index is -0.528. The van der Waals surface area contributed by atoms with Gasteiger partial charge in [0.25, 0.3) is 0 Å². The van der Waals surface area contributed by atoms with Crippen LogP contribution in [0.3, 0.4) is 0 Å². The summed E-state index contributed by atoms with van der Waals surface area (Å²) in [5, 5.41) is 0. The summed E-state index contributed by atoms with van der Waals surface area (Å²) in [6.07, 6.45) is 6.55. The zero-order valence-electron chi connectivity index (χ0n) is 12.6. The maximum Gasteiger partial charge on any atom is 0.118 e. The second-order valence-electron chi connectivity index (χ2n) is 5.56. The number of allylic oxidation sites excluding steroid dienone is 1. The summed E-state index contributed by atoms with van der Waals surface area (Å²) in [5.74, 6) is 0.844. The van der Waals surface area contributed by atoms with Crippen molar-refractivity contribution in [2.45, 2.75) is 12.0 Å². The Morgan fingerprint density at radius 1 is 1.05 bits per heavy atom. The van der Waals surface area contributed by atoms with Crippen molar-refractivity contribution in [2.75, 3.05) is 7.11 Å². The zero-order chi connectivity index (χ0) is 15.6. The summed E-state index contributed by atoms with van der Waals surface area (Å²) in [5.41, 5.74) is 16.0. The van der Waals surface area contributed by atoms with Gasteiger partial charge in [0.05, 0.1) is 12.6 Å². The minimum absolute atomic E-state index is 0.528. The zero-order valence-corrected chi connectivity index (χ0v) is 12.6. The fourth-order valence-corrected chi connectivity index (χ4v) is 2.78. The Balaban J connectivity index is 2.05. The van der Waals surface area contributed by atoms with Gasteiger partial charge in [-0.15, -0.1) is 0 Å². The molecule has 1 aliphatic carbocycles. The quantitative estimate of drug-likeness (QED) is 0.912. The van der Waals surface area contributed by atoms with Gasteiger partial charge in [-0.25, -0.2) is 0 Å². The first-order valence-electron chi connectivity index (χ1n) is 7.30. The molecule has 2 aromatic rings. The van der Waals surface area contributed by atoms with Crippen LogP contribution in [-0.2, 0) is 5.54 Å². The van der Waals surface area contributed by atoms with Crippen LogP contribution in [0.2, 0.25) is 0 Å². The average Bonchev–Trinajstić information content (AvgIpc) is 2.58. The van der Waals surface area contributed by atoms with Gasteiger partial charge >= 0.3 is 0 Å². The first-order valence-corrected chi connectivity index (χ1v) is 7.30. The van der Waals surface area contributed by atoms with Gasteiger partial charge in [0.1, 0.15) is 5.75 Å². The maximum atomic E-state index is 6.63. The van der Waals surface area contributed by atoms with E-state index in [4.69, 9.17) is 16.2 Å². The van der Waals surface area contributed by atoms with E-state index in [1.807, 2.05) is 42.5 Å². The van der Waals surface area contributed by atoms with Crippen LogP contribution in [0.5, 0.6) is 5.75 Å². The van der Waals surface area contributed by atoms with Crippen LogP contribution >= 0.6 is 0 Å². The molecule has 2 aromatic carbocycles. The van der Waals surface area contributed by atoms with Crippen LogP contribution in [0, 0.1) is 0 Å². The van der Waals surface area contributed by atoms with Gasteiger partial charge in [0.2, 0.25) is 0 Å². The summed E-state index contributed by atoms with van der Waals surface area (Å²) in [6.45, 7) is 0. The number of hydrogen-bond acceptors (Lipinski definition) is 3. The normalized spacial score (nSPS) is 20.5. The molecule has 0 saturated carbocycles. The monoisotopic (exact) mass is 292 g/mol. The second-order valence-corrected chi connectivity index (χ2v) is 5.56.